The van der Waals surface area contributed by atoms with Crippen LogP contribution in [-0.4, -0.2) is 16.7 Å². The molecule has 4 nitrogen and oxygen atoms in total. The molecule has 0 saturated carbocycles. The minimum atomic E-state index is -0.486. The fourth-order valence-electron chi connectivity index (χ4n) is 2.03. The molecule has 1 heterocycles. The van der Waals surface area contributed by atoms with Gasteiger partial charge in [0.1, 0.15) is 10.7 Å². The van der Waals surface area contributed by atoms with E-state index in [4.69, 9.17) is 4.84 Å². The Morgan fingerprint density at radius 2 is 1.74 bits per heavy atom. The number of oxime groups is 1. The largest absolute Gasteiger partial charge is 0.365 e. The lowest BCUT2D eigenvalue weighted by Gasteiger charge is -2.03. The van der Waals surface area contributed by atoms with Gasteiger partial charge in [0.15, 0.2) is 0 Å². The van der Waals surface area contributed by atoms with Crippen LogP contribution >= 0.6 is 11.3 Å². The van der Waals surface area contributed by atoms with Gasteiger partial charge in [-0.3, -0.25) is 0 Å². The van der Waals surface area contributed by atoms with Crippen molar-refractivity contribution < 1.29 is 9.63 Å². The molecule has 0 unspecified atom stereocenters. The maximum Gasteiger partial charge on any atom is 0.365 e. The second kappa shape index (κ2) is 6.98. The highest BCUT2D eigenvalue weighted by Crippen LogP contribution is 2.19. The second-order valence-corrected chi connectivity index (χ2v) is 5.73. The standard InChI is InChI=1S/C18H14N2O2S/c1-13(17-19-11-12-23-17)20-22-18(21)16-9-7-15(8-10-16)14-5-3-2-4-6-14/h2-12H,1H3/b20-13+. The average Bonchev–Trinajstić information content (AvgIpc) is 3.15. The van der Waals surface area contributed by atoms with Gasteiger partial charge < -0.3 is 4.84 Å². The highest BCUT2D eigenvalue weighted by atomic mass is 32.1. The van der Waals surface area contributed by atoms with Crippen molar-refractivity contribution in [2.24, 2.45) is 5.16 Å². The van der Waals surface area contributed by atoms with Crippen LogP contribution in [0.2, 0.25) is 0 Å². The summed E-state index contributed by atoms with van der Waals surface area (Å²) in [6.07, 6.45) is 1.68. The Morgan fingerprint density at radius 3 is 2.39 bits per heavy atom. The van der Waals surface area contributed by atoms with Gasteiger partial charge in [0.2, 0.25) is 0 Å². The molecule has 0 spiro atoms. The van der Waals surface area contributed by atoms with Crippen molar-refractivity contribution in [1.82, 2.24) is 4.98 Å². The van der Waals surface area contributed by atoms with Gasteiger partial charge in [-0.1, -0.05) is 47.6 Å². The van der Waals surface area contributed by atoms with Crippen molar-refractivity contribution in [3.8, 4) is 11.1 Å². The zero-order valence-corrected chi connectivity index (χ0v) is 13.3. The molecular weight excluding hydrogens is 308 g/mol. The number of thiazole rings is 1. The highest BCUT2D eigenvalue weighted by molar-refractivity contribution is 7.11. The fraction of sp³-hybridized carbons (Fsp3) is 0.0556. The monoisotopic (exact) mass is 322 g/mol. The number of carbonyl (C=O) groups is 1. The predicted octanol–water partition coefficient (Wildman–Crippen LogP) is 4.39. The third-order valence-electron chi connectivity index (χ3n) is 3.24. The van der Waals surface area contributed by atoms with E-state index < -0.39 is 5.97 Å². The molecule has 5 heteroatoms. The predicted molar refractivity (Wildman–Crippen MR) is 91.6 cm³/mol. The minimum absolute atomic E-state index is 0.459. The molecule has 0 aliphatic carbocycles. The topological polar surface area (TPSA) is 51.5 Å². The summed E-state index contributed by atoms with van der Waals surface area (Å²) >= 11 is 1.44. The second-order valence-electron chi connectivity index (χ2n) is 4.84. The molecule has 0 aliphatic rings. The Balaban J connectivity index is 1.70. The summed E-state index contributed by atoms with van der Waals surface area (Å²) in [5, 5.41) is 6.42. The quantitative estimate of drug-likeness (QED) is 0.406. The first-order valence-electron chi connectivity index (χ1n) is 7.05. The van der Waals surface area contributed by atoms with Gasteiger partial charge in [0, 0.05) is 11.6 Å². The minimum Gasteiger partial charge on any atom is -0.312 e. The van der Waals surface area contributed by atoms with Crippen LogP contribution in [0, 0.1) is 0 Å². The van der Waals surface area contributed by atoms with Crippen molar-refractivity contribution in [2.75, 3.05) is 0 Å². The molecule has 0 fully saturated rings. The Bertz CT molecular complexity index is 810. The maximum atomic E-state index is 12.0. The van der Waals surface area contributed by atoms with E-state index in [1.54, 1.807) is 25.3 Å². The van der Waals surface area contributed by atoms with Crippen molar-refractivity contribution in [1.29, 1.82) is 0 Å². The van der Waals surface area contributed by atoms with Crippen LogP contribution in [0.1, 0.15) is 22.3 Å². The average molecular weight is 322 g/mol. The first kappa shape index (κ1) is 15.1. The van der Waals surface area contributed by atoms with E-state index in [-0.39, 0.29) is 0 Å². The van der Waals surface area contributed by atoms with E-state index in [0.717, 1.165) is 16.1 Å². The van der Waals surface area contributed by atoms with E-state index in [1.165, 1.54) is 11.3 Å². The molecule has 2 aromatic carbocycles. The molecule has 0 N–H and O–H groups in total. The number of rotatable bonds is 4. The molecule has 3 aromatic rings. The van der Waals surface area contributed by atoms with Crippen molar-refractivity contribution >= 4 is 23.0 Å². The van der Waals surface area contributed by atoms with E-state index in [2.05, 4.69) is 10.1 Å². The number of aromatic nitrogens is 1. The molecule has 3 rings (SSSR count). The van der Waals surface area contributed by atoms with E-state index in [1.807, 2.05) is 47.8 Å². The summed E-state index contributed by atoms with van der Waals surface area (Å²) in [5.41, 5.74) is 3.18. The first-order valence-corrected chi connectivity index (χ1v) is 7.93. The Hall–Kier alpha value is -2.79. The normalized spacial score (nSPS) is 11.3. The summed E-state index contributed by atoms with van der Waals surface area (Å²) in [5.74, 6) is -0.486. The number of carbonyl (C=O) groups excluding carboxylic acids is 1. The van der Waals surface area contributed by atoms with Gasteiger partial charge in [-0.25, -0.2) is 9.78 Å². The molecule has 0 saturated heterocycles. The number of hydrogen-bond donors (Lipinski definition) is 0. The summed E-state index contributed by atoms with van der Waals surface area (Å²) in [6, 6.07) is 17.2. The summed E-state index contributed by atoms with van der Waals surface area (Å²) in [7, 11) is 0. The lowest BCUT2D eigenvalue weighted by atomic mass is 10.0. The van der Waals surface area contributed by atoms with Crippen LogP contribution in [0.25, 0.3) is 11.1 Å². The lowest BCUT2D eigenvalue weighted by molar-refractivity contribution is 0.0516. The maximum absolute atomic E-state index is 12.0. The van der Waals surface area contributed by atoms with Gasteiger partial charge >= 0.3 is 5.97 Å². The van der Waals surface area contributed by atoms with E-state index >= 15 is 0 Å². The molecule has 0 aliphatic heterocycles. The van der Waals surface area contributed by atoms with Crippen molar-refractivity contribution in [3.63, 3.8) is 0 Å². The molecule has 114 valence electrons. The third-order valence-corrected chi connectivity index (χ3v) is 4.12. The van der Waals surface area contributed by atoms with Crippen LogP contribution in [0.15, 0.2) is 71.3 Å². The van der Waals surface area contributed by atoms with Crippen molar-refractivity contribution in [2.45, 2.75) is 6.92 Å². The van der Waals surface area contributed by atoms with E-state index in [0.29, 0.717) is 11.3 Å². The van der Waals surface area contributed by atoms with Gasteiger partial charge in [0.05, 0.1) is 5.56 Å². The fourth-order valence-corrected chi connectivity index (χ4v) is 2.61. The smallest absolute Gasteiger partial charge is 0.312 e. The summed E-state index contributed by atoms with van der Waals surface area (Å²) in [6.45, 7) is 1.75. The number of nitrogens with zero attached hydrogens (tertiary/aromatic N) is 2. The van der Waals surface area contributed by atoms with Gasteiger partial charge in [-0.2, -0.15) is 0 Å². The molecule has 23 heavy (non-hydrogen) atoms. The van der Waals surface area contributed by atoms with Crippen molar-refractivity contribution in [3.05, 3.63) is 76.7 Å². The van der Waals surface area contributed by atoms with Gasteiger partial charge in [0.25, 0.3) is 0 Å². The number of hydrogen-bond acceptors (Lipinski definition) is 5. The summed E-state index contributed by atoms with van der Waals surface area (Å²) < 4.78 is 0. The molecule has 0 bridgehead atoms. The lowest BCUT2D eigenvalue weighted by Crippen LogP contribution is -2.03. The molecule has 0 amide bonds. The SMILES string of the molecule is C/C(=N\OC(=O)c1ccc(-c2ccccc2)cc1)c1nccs1. The summed E-state index contributed by atoms with van der Waals surface area (Å²) in [4.78, 5) is 21.1. The van der Waals surface area contributed by atoms with Crippen LogP contribution < -0.4 is 0 Å². The first-order chi connectivity index (χ1) is 11.2. The van der Waals surface area contributed by atoms with Crippen LogP contribution in [0.5, 0.6) is 0 Å². The van der Waals surface area contributed by atoms with Crippen LogP contribution in [0.4, 0.5) is 0 Å². The van der Waals surface area contributed by atoms with Gasteiger partial charge in [-0.15, -0.1) is 11.3 Å². The molecule has 0 radical (unpaired) electrons. The van der Waals surface area contributed by atoms with Crippen LogP contribution in [0.3, 0.4) is 0 Å². The Morgan fingerprint density at radius 1 is 1.04 bits per heavy atom. The zero-order valence-electron chi connectivity index (χ0n) is 12.5. The molecular formula is C18H14N2O2S. The highest BCUT2D eigenvalue weighted by Gasteiger charge is 2.09. The van der Waals surface area contributed by atoms with Crippen LogP contribution in [-0.2, 0) is 4.84 Å². The third kappa shape index (κ3) is 3.70. The van der Waals surface area contributed by atoms with Gasteiger partial charge in [-0.05, 0) is 30.2 Å². The Labute approximate surface area is 138 Å². The molecule has 1 aromatic heterocycles. The van der Waals surface area contributed by atoms with E-state index in [9.17, 15) is 4.79 Å². The zero-order chi connectivity index (χ0) is 16.1. The number of benzene rings is 2. The molecule has 0 atom stereocenters. The Kier molecular flexibility index (Phi) is 4.59.